The third-order valence-corrected chi connectivity index (χ3v) is 3.48. The number of halogens is 3. The molecule has 102 valence electrons. The molecule has 0 bridgehead atoms. The van der Waals surface area contributed by atoms with Crippen LogP contribution < -0.4 is 0 Å². The molecule has 0 amide bonds. The fourth-order valence-electron chi connectivity index (χ4n) is 1.83. The van der Waals surface area contributed by atoms with E-state index in [9.17, 15) is 14.5 Å². The molecule has 0 aromatic heterocycles. The van der Waals surface area contributed by atoms with Crippen LogP contribution in [0.5, 0.6) is 0 Å². The van der Waals surface area contributed by atoms with Crippen LogP contribution in [0.3, 0.4) is 0 Å². The Labute approximate surface area is 131 Å². The topological polar surface area (TPSA) is 43.1 Å². The van der Waals surface area contributed by atoms with E-state index in [0.29, 0.717) is 20.1 Å². The zero-order chi connectivity index (χ0) is 14.7. The summed E-state index contributed by atoms with van der Waals surface area (Å²) < 4.78 is 13.6. The summed E-state index contributed by atoms with van der Waals surface area (Å²) in [5.74, 6) is -0.360. The van der Waals surface area contributed by atoms with E-state index >= 15 is 0 Å². The lowest BCUT2D eigenvalue weighted by Crippen LogP contribution is -1.96. The predicted molar refractivity (Wildman–Crippen MR) is 83.4 cm³/mol. The van der Waals surface area contributed by atoms with Crippen LogP contribution in [0.25, 0.3) is 5.57 Å². The van der Waals surface area contributed by atoms with Crippen LogP contribution in [-0.2, 0) is 0 Å². The summed E-state index contributed by atoms with van der Waals surface area (Å²) in [5, 5.41) is 11.1. The molecule has 0 atom stereocenters. The smallest absolute Gasteiger partial charge is 0.258 e. The van der Waals surface area contributed by atoms with Gasteiger partial charge in [-0.15, -0.1) is 0 Å². The third kappa shape index (κ3) is 3.13. The van der Waals surface area contributed by atoms with Crippen molar-refractivity contribution < 1.29 is 9.31 Å². The largest absolute Gasteiger partial charge is 0.277 e. The van der Waals surface area contributed by atoms with E-state index in [4.69, 9.17) is 0 Å². The van der Waals surface area contributed by atoms with Crippen LogP contribution in [0.2, 0.25) is 0 Å². The number of para-hydroxylation sites is 1. The monoisotopic (exact) mass is 399 g/mol. The van der Waals surface area contributed by atoms with Crippen molar-refractivity contribution in [2.75, 3.05) is 0 Å². The molecule has 0 heterocycles. The molecule has 2 aromatic carbocycles. The van der Waals surface area contributed by atoms with Gasteiger partial charge in [0.1, 0.15) is 5.82 Å². The maximum Gasteiger partial charge on any atom is 0.277 e. The second-order valence-corrected chi connectivity index (χ2v) is 6.57. The number of rotatable bonds is 3. The molecule has 0 spiro atoms. The van der Waals surface area contributed by atoms with Crippen LogP contribution in [0, 0.1) is 15.9 Å². The van der Waals surface area contributed by atoms with Gasteiger partial charge >= 0.3 is 0 Å². The minimum Gasteiger partial charge on any atom is -0.258 e. The first-order valence-electron chi connectivity index (χ1n) is 5.55. The van der Waals surface area contributed by atoms with E-state index in [1.54, 1.807) is 30.3 Å². The number of hydrogen-bond donors (Lipinski definition) is 0. The van der Waals surface area contributed by atoms with Crippen LogP contribution in [-0.4, -0.2) is 4.92 Å². The van der Waals surface area contributed by atoms with Gasteiger partial charge in [-0.25, -0.2) is 4.39 Å². The number of benzene rings is 2. The Bertz CT molecular complexity index is 680. The van der Waals surface area contributed by atoms with Gasteiger partial charge < -0.3 is 0 Å². The second kappa shape index (κ2) is 6.28. The van der Waals surface area contributed by atoms with Crippen molar-refractivity contribution in [2.24, 2.45) is 0 Å². The van der Waals surface area contributed by atoms with Gasteiger partial charge in [0.2, 0.25) is 0 Å². The zero-order valence-corrected chi connectivity index (χ0v) is 13.2. The highest BCUT2D eigenvalue weighted by molar-refractivity contribution is 9.28. The fraction of sp³-hybridized carbons (Fsp3) is 0. The lowest BCUT2D eigenvalue weighted by Gasteiger charge is -2.09. The van der Waals surface area contributed by atoms with Gasteiger partial charge in [0, 0.05) is 11.6 Å². The van der Waals surface area contributed by atoms with Gasteiger partial charge in [-0.05, 0) is 55.6 Å². The molecule has 0 N–H and O–H groups in total. The van der Waals surface area contributed by atoms with Crippen molar-refractivity contribution in [3.8, 4) is 0 Å². The van der Waals surface area contributed by atoms with E-state index in [2.05, 4.69) is 31.9 Å². The highest BCUT2D eigenvalue weighted by Gasteiger charge is 2.19. The quantitative estimate of drug-likeness (QED) is 0.522. The molecule has 0 aliphatic heterocycles. The second-order valence-electron chi connectivity index (χ2n) is 3.92. The van der Waals surface area contributed by atoms with E-state index in [0.717, 1.165) is 0 Å². The summed E-state index contributed by atoms with van der Waals surface area (Å²) in [6, 6.07) is 12.2. The molecular formula is C14H8Br2FNO2. The van der Waals surface area contributed by atoms with Gasteiger partial charge in [0.15, 0.2) is 0 Å². The lowest BCUT2D eigenvalue weighted by molar-refractivity contribution is -0.385. The normalized spacial score (nSPS) is 10.2. The van der Waals surface area contributed by atoms with Gasteiger partial charge in [-0.1, -0.05) is 24.3 Å². The first kappa shape index (κ1) is 14.9. The summed E-state index contributed by atoms with van der Waals surface area (Å²) in [6.45, 7) is 0. The van der Waals surface area contributed by atoms with Crippen molar-refractivity contribution in [1.82, 2.24) is 0 Å². The molecule has 0 fully saturated rings. The van der Waals surface area contributed by atoms with Crippen molar-refractivity contribution in [2.45, 2.75) is 0 Å². The molecule has 0 saturated heterocycles. The predicted octanol–water partition coefficient (Wildman–Crippen LogP) is 5.24. The molecule has 0 aliphatic rings. The van der Waals surface area contributed by atoms with Crippen LogP contribution in [0.4, 0.5) is 10.1 Å². The van der Waals surface area contributed by atoms with Gasteiger partial charge in [-0.3, -0.25) is 10.1 Å². The Kier molecular flexibility index (Phi) is 4.67. The Hall–Kier alpha value is -1.53. The molecule has 20 heavy (non-hydrogen) atoms. The summed E-state index contributed by atoms with van der Waals surface area (Å²) in [6.07, 6.45) is 0. The highest BCUT2D eigenvalue weighted by Crippen LogP contribution is 2.37. The number of nitro benzene ring substituents is 1. The maximum absolute atomic E-state index is 13.0. The third-order valence-electron chi connectivity index (χ3n) is 2.69. The number of nitrogens with zero attached hydrogens (tertiary/aromatic N) is 1. The lowest BCUT2D eigenvalue weighted by atomic mass is 9.98. The van der Waals surface area contributed by atoms with Crippen molar-refractivity contribution >= 4 is 43.1 Å². The Morgan fingerprint density at radius 2 is 1.65 bits per heavy atom. The molecule has 0 unspecified atom stereocenters. The average molecular weight is 401 g/mol. The van der Waals surface area contributed by atoms with Crippen molar-refractivity contribution in [1.29, 1.82) is 0 Å². The Morgan fingerprint density at radius 1 is 1.05 bits per heavy atom. The molecular weight excluding hydrogens is 393 g/mol. The summed E-state index contributed by atoms with van der Waals surface area (Å²) in [7, 11) is 0. The maximum atomic E-state index is 13.0. The van der Waals surface area contributed by atoms with Crippen LogP contribution in [0.15, 0.2) is 51.9 Å². The number of nitro groups is 1. The summed E-state index contributed by atoms with van der Waals surface area (Å²) in [4.78, 5) is 10.7. The van der Waals surface area contributed by atoms with Gasteiger partial charge in [0.05, 0.1) is 13.9 Å². The zero-order valence-electron chi connectivity index (χ0n) is 10.0. The molecule has 0 radical (unpaired) electrons. The minimum atomic E-state index is -0.443. The summed E-state index contributed by atoms with van der Waals surface area (Å²) in [5.41, 5.74) is 1.71. The fourth-order valence-corrected chi connectivity index (χ4v) is 2.71. The van der Waals surface area contributed by atoms with Gasteiger partial charge in [0.25, 0.3) is 5.69 Å². The standard InChI is InChI=1S/C14H8Br2FNO2/c15-14(16)13(9-5-7-10(17)8-6-9)11-3-1-2-4-12(11)18(19)20/h1-8H. The van der Waals surface area contributed by atoms with E-state index in [-0.39, 0.29) is 11.5 Å². The Balaban J connectivity index is 2.65. The molecule has 2 aromatic rings. The number of hydrogen-bond acceptors (Lipinski definition) is 2. The van der Waals surface area contributed by atoms with Crippen molar-refractivity contribution in [3.63, 3.8) is 0 Å². The first-order valence-corrected chi connectivity index (χ1v) is 7.14. The summed E-state index contributed by atoms with van der Waals surface area (Å²) >= 11 is 6.59. The van der Waals surface area contributed by atoms with E-state index in [1.807, 2.05) is 0 Å². The molecule has 0 aliphatic carbocycles. The SMILES string of the molecule is O=[N+]([O-])c1ccccc1C(=C(Br)Br)c1ccc(F)cc1. The first-order chi connectivity index (χ1) is 9.50. The molecule has 0 saturated carbocycles. The van der Waals surface area contributed by atoms with E-state index in [1.165, 1.54) is 18.2 Å². The minimum absolute atomic E-state index is 0.0109. The highest BCUT2D eigenvalue weighted by atomic mass is 79.9. The molecule has 2 rings (SSSR count). The van der Waals surface area contributed by atoms with E-state index < -0.39 is 4.92 Å². The Morgan fingerprint density at radius 3 is 2.20 bits per heavy atom. The van der Waals surface area contributed by atoms with Gasteiger partial charge in [-0.2, -0.15) is 0 Å². The molecule has 6 heteroatoms. The van der Waals surface area contributed by atoms with Crippen molar-refractivity contribution in [3.05, 3.63) is 79.0 Å². The molecule has 3 nitrogen and oxygen atoms in total. The van der Waals surface area contributed by atoms with Crippen LogP contribution >= 0.6 is 31.9 Å². The van der Waals surface area contributed by atoms with Crippen LogP contribution in [0.1, 0.15) is 11.1 Å². The average Bonchev–Trinajstić information content (AvgIpc) is 2.41.